The average molecular weight is 292 g/mol. The van der Waals surface area contributed by atoms with Crippen molar-refractivity contribution < 1.29 is 14.3 Å². The summed E-state index contributed by atoms with van der Waals surface area (Å²) < 4.78 is 13.1. The highest BCUT2D eigenvalue weighted by molar-refractivity contribution is 5.78. The Labute approximate surface area is 124 Å². The van der Waals surface area contributed by atoms with Crippen LogP contribution >= 0.6 is 0 Å². The van der Waals surface area contributed by atoms with Crippen LogP contribution in [0.5, 0.6) is 0 Å². The molecule has 1 heterocycles. The summed E-state index contributed by atoms with van der Waals surface area (Å²) in [6.45, 7) is 3.62. The van der Waals surface area contributed by atoms with Crippen LogP contribution in [0.15, 0.2) is 18.2 Å². The highest BCUT2D eigenvalue weighted by Gasteiger charge is 2.51. The van der Waals surface area contributed by atoms with Crippen LogP contribution in [0.25, 0.3) is 0 Å². The first-order valence-corrected chi connectivity index (χ1v) is 7.43. The van der Waals surface area contributed by atoms with Gasteiger partial charge in [-0.1, -0.05) is 12.1 Å². The van der Waals surface area contributed by atoms with Crippen molar-refractivity contribution in [2.45, 2.75) is 31.9 Å². The zero-order valence-electron chi connectivity index (χ0n) is 12.2. The van der Waals surface area contributed by atoms with Crippen molar-refractivity contribution in [3.05, 3.63) is 35.1 Å². The number of hydrogen-bond acceptors (Lipinski definition) is 3. The normalized spacial score (nSPS) is 20.9. The molecule has 2 aliphatic rings. The number of amides is 1. The molecule has 1 aliphatic heterocycles. The minimum atomic E-state index is -0.547. The number of aryl methyl sites for hydroxylation is 1. The standard InChI is InChI=1S/C16H21FN2O2/c1-11-6-12(2-5-14(11)17)7-18-15(20)8-19-9-16(21,10-19)13-3-4-13/h2,5-6,13,21H,3-4,7-10H2,1H3,(H,18,20). The number of carbonyl (C=O) groups excluding carboxylic acids is 1. The number of nitrogens with one attached hydrogen (secondary N) is 1. The molecule has 1 saturated carbocycles. The largest absolute Gasteiger partial charge is 0.387 e. The lowest BCUT2D eigenvalue weighted by molar-refractivity contribution is -0.136. The maximum absolute atomic E-state index is 13.1. The molecule has 1 aliphatic carbocycles. The Morgan fingerprint density at radius 1 is 1.48 bits per heavy atom. The van der Waals surface area contributed by atoms with Crippen LogP contribution in [0.2, 0.25) is 0 Å². The van der Waals surface area contributed by atoms with Crippen LogP contribution < -0.4 is 5.32 Å². The lowest BCUT2D eigenvalue weighted by Gasteiger charge is -2.46. The predicted molar refractivity (Wildman–Crippen MR) is 77.1 cm³/mol. The van der Waals surface area contributed by atoms with Crippen molar-refractivity contribution >= 4 is 5.91 Å². The van der Waals surface area contributed by atoms with Gasteiger partial charge in [0, 0.05) is 19.6 Å². The smallest absolute Gasteiger partial charge is 0.234 e. The fourth-order valence-corrected chi connectivity index (χ4v) is 3.00. The molecule has 5 heteroatoms. The molecule has 2 fully saturated rings. The van der Waals surface area contributed by atoms with E-state index in [1.807, 2.05) is 4.90 Å². The van der Waals surface area contributed by atoms with Crippen LogP contribution in [-0.4, -0.2) is 41.1 Å². The second-order valence-electron chi connectivity index (χ2n) is 6.38. The Hall–Kier alpha value is -1.46. The average Bonchev–Trinajstić information content (AvgIpc) is 3.23. The summed E-state index contributed by atoms with van der Waals surface area (Å²) in [6, 6.07) is 4.84. The van der Waals surface area contributed by atoms with Crippen LogP contribution in [0.4, 0.5) is 4.39 Å². The van der Waals surface area contributed by atoms with Gasteiger partial charge in [-0.15, -0.1) is 0 Å². The molecule has 0 aromatic heterocycles. The van der Waals surface area contributed by atoms with Crippen molar-refractivity contribution in [1.29, 1.82) is 0 Å². The number of nitrogens with zero attached hydrogens (tertiary/aromatic N) is 1. The van der Waals surface area contributed by atoms with E-state index in [1.165, 1.54) is 6.07 Å². The van der Waals surface area contributed by atoms with Crippen molar-refractivity contribution in [3.63, 3.8) is 0 Å². The Balaban J connectivity index is 1.41. The number of hydrogen-bond donors (Lipinski definition) is 2. The fourth-order valence-electron chi connectivity index (χ4n) is 3.00. The van der Waals surface area contributed by atoms with Gasteiger partial charge in [-0.2, -0.15) is 0 Å². The molecule has 3 rings (SSSR count). The van der Waals surface area contributed by atoms with Gasteiger partial charge in [-0.05, 0) is 42.9 Å². The molecule has 2 N–H and O–H groups in total. The maximum atomic E-state index is 13.1. The molecule has 4 nitrogen and oxygen atoms in total. The molecule has 0 spiro atoms. The number of carbonyl (C=O) groups is 1. The second kappa shape index (κ2) is 5.39. The molecule has 0 unspecified atom stereocenters. The predicted octanol–water partition coefficient (Wildman–Crippen LogP) is 1.21. The Bertz CT molecular complexity index is 551. The SMILES string of the molecule is Cc1cc(CNC(=O)CN2CC(O)(C3CC3)C2)ccc1F. The highest BCUT2D eigenvalue weighted by atomic mass is 19.1. The van der Waals surface area contributed by atoms with Gasteiger partial charge in [0.1, 0.15) is 5.82 Å². The molecule has 0 bridgehead atoms. The summed E-state index contributed by atoms with van der Waals surface area (Å²) in [5.74, 6) is 0.152. The van der Waals surface area contributed by atoms with Gasteiger partial charge >= 0.3 is 0 Å². The molecule has 1 amide bonds. The van der Waals surface area contributed by atoms with Crippen molar-refractivity contribution in [1.82, 2.24) is 10.2 Å². The summed E-state index contributed by atoms with van der Waals surface area (Å²) in [5.41, 5.74) is 0.924. The topological polar surface area (TPSA) is 52.6 Å². The van der Waals surface area contributed by atoms with Crippen molar-refractivity contribution in [2.24, 2.45) is 5.92 Å². The molecular formula is C16H21FN2O2. The zero-order valence-corrected chi connectivity index (χ0v) is 12.2. The van der Waals surface area contributed by atoms with Crippen molar-refractivity contribution in [3.8, 4) is 0 Å². The Morgan fingerprint density at radius 3 is 2.81 bits per heavy atom. The summed E-state index contributed by atoms with van der Waals surface area (Å²) in [7, 11) is 0. The summed E-state index contributed by atoms with van der Waals surface area (Å²) in [6.07, 6.45) is 2.22. The first kappa shape index (κ1) is 14.5. The number of benzene rings is 1. The van der Waals surface area contributed by atoms with Gasteiger partial charge in [0.05, 0.1) is 12.1 Å². The molecule has 1 aromatic carbocycles. The van der Waals surface area contributed by atoms with Crippen LogP contribution in [0.1, 0.15) is 24.0 Å². The van der Waals surface area contributed by atoms with Gasteiger partial charge < -0.3 is 10.4 Å². The monoisotopic (exact) mass is 292 g/mol. The maximum Gasteiger partial charge on any atom is 0.234 e. The van der Waals surface area contributed by atoms with Crippen LogP contribution in [-0.2, 0) is 11.3 Å². The minimum Gasteiger partial charge on any atom is -0.387 e. The zero-order chi connectivity index (χ0) is 15.0. The van der Waals surface area contributed by atoms with E-state index < -0.39 is 5.60 Å². The van der Waals surface area contributed by atoms with E-state index in [4.69, 9.17) is 0 Å². The van der Waals surface area contributed by atoms with Gasteiger partial charge in [-0.3, -0.25) is 9.69 Å². The van der Waals surface area contributed by atoms with E-state index in [-0.39, 0.29) is 11.7 Å². The van der Waals surface area contributed by atoms with Gasteiger partial charge in [0.2, 0.25) is 5.91 Å². The second-order valence-corrected chi connectivity index (χ2v) is 6.38. The minimum absolute atomic E-state index is 0.0603. The summed E-state index contributed by atoms with van der Waals surface area (Å²) in [4.78, 5) is 13.8. The third-order valence-corrected chi connectivity index (χ3v) is 4.41. The van der Waals surface area contributed by atoms with E-state index >= 15 is 0 Å². The number of likely N-dealkylation sites (tertiary alicyclic amines) is 1. The van der Waals surface area contributed by atoms with E-state index in [2.05, 4.69) is 5.32 Å². The van der Waals surface area contributed by atoms with Gasteiger partial charge in [0.25, 0.3) is 0 Å². The number of aliphatic hydroxyl groups is 1. The quantitative estimate of drug-likeness (QED) is 0.857. The lowest BCUT2D eigenvalue weighted by Crippen LogP contribution is -2.64. The van der Waals surface area contributed by atoms with E-state index in [0.717, 1.165) is 18.4 Å². The molecule has 1 saturated heterocycles. The first-order chi connectivity index (χ1) is 9.96. The summed E-state index contributed by atoms with van der Waals surface area (Å²) in [5, 5.41) is 13.0. The van der Waals surface area contributed by atoms with Crippen molar-refractivity contribution in [2.75, 3.05) is 19.6 Å². The third-order valence-electron chi connectivity index (χ3n) is 4.41. The summed E-state index contributed by atoms with van der Waals surface area (Å²) >= 11 is 0. The number of β-amino-alcohol motifs (C(OH)–C–C–N with tert-alkyl or cyclic N) is 1. The van der Waals surface area contributed by atoms with E-state index in [9.17, 15) is 14.3 Å². The molecule has 0 radical (unpaired) electrons. The molecule has 114 valence electrons. The van der Waals surface area contributed by atoms with E-state index in [0.29, 0.717) is 37.7 Å². The first-order valence-electron chi connectivity index (χ1n) is 7.43. The third kappa shape index (κ3) is 3.24. The van der Waals surface area contributed by atoms with Crippen LogP contribution in [0, 0.1) is 18.7 Å². The Morgan fingerprint density at radius 2 is 2.19 bits per heavy atom. The number of rotatable bonds is 5. The van der Waals surface area contributed by atoms with Gasteiger partial charge in [0.15, 0.2) is 0 Å². The van der Waals surface area contributed by atoms with Crippen LogP contribution in [0.3, 0.4) is 0 Å². The molecule has 0 atom stereocenters. The molecule has 1 aromatic rings. The lowest BCUT2D eigenvalue weighted by atomic mass is 9.89. The fraction of sp³-hybridized carbons (Fsp3) is 0.562. The Kier molecular flexibility index (Phi) is 3.71. The molecular weight excluding hydrogens is 271 g/mol. The molecule has 21 heavy (non-hydrogen) atoms. The number of halogens is 1. The van der Waals surface area contributed by atoms with E-state index in [1.54, 1.807) is 19.1 Å². The highest BCUT2D eigenvalue weighted by Crippen LogP contribution is 2.44. The van der Waals surface area contributed by atoms with Gasteiger partial charge in [-0.25, -0.2) is 4.39 Å².